The van der Waals surface area contributed by atoms with Crippen molar-refractivity contribution in [2.24, 2.45) is 4.99 Å². The lowest BCUT2D eigenvalue weighted by Crippen LogP contribution is -2.41. The van der Waals surface area contributed by atoms with Gasteiger partial charge in [0, 0.05) is 18.7 Å². The summed E-state index contributed by atoms with van der Waals surface area (Å²) in [6.07, 6.45) is 1.64. The van der Waals surface area contributed by atoms with Crippen molar-refractivity contribution in [1.29, 1.82) is 0 Å². The lowest BCUT2D eigenvalue weighted by molar-refractivity contribution is -0.0504. The highest BCUT2D eigenvalue weighted by atomic mass is 19.3. The van der Waals surface area contributed by atoms with Crippen LogP contribution < -0.4 is 20.1 Å². The highest BCUT2D eigenvalue weighted by Gasteiger charge is 2.17. The van der Waals surface area contributed by atoms with Crippen molar-refractivity contribution < 1.29 is 22.7 Å². The van der Waals surface area contributed by atoms with Gasteiger partial charge in [0.2, 0.25) is 0 Å². The van der Waals surface area contributed by atoms with Crippen LogP contribution in [-0.4, -0.2) is 51.8 Å². The van der Waals surface area contributed by atoms with Gasteiger partial charge in [0.15, 0.2) is 5.96 Å². The van der Waals surface area contributed by atoms with Crippen molar-refractivity contribution in [2.45, 2.75) is 26.1 Å². The van der Waals surface area contributed by atoms with Crippen LogP contribution in [0.5, 0.6) is 11.5 Å². The van der Waals surface area contributed by atoms with E-state index in [1.54, 1.807) is 18.4 Å². The van der Waals surface area contributed by atoms with E-state index in [0.29, 0.717) is 30.4 Å². The molecule has 0 spiro atoms. The first-order valence-corrected chi connectivity index (χ1v) is 9.28. The average Bonchev–Trinajstić information content (AvgIpc) is 3.20. The number of rotatable bonds is 10. The fourth-order valence-corrected chi connectivity index (χ4v) is 2.74. The van der Waals surface area contributed by atoms with Crippen LogP contribution in [0.15, 0.2) is 46.0 Å². The fourth-order valence-electron chi connectivity index (χ4n) is 2.74. The Kier molecular flexibility index (Phi) is 8.72. The average molecular weight is 410 g/mol. The van der Waals surface area contributed by atoms with Gasteiger partial charge < -0.3 is 24.5 Å². The Morgan fingerprint density at radius 1 is 1.24 bits per heavy atom. The van der Waals surface area contributed by atoms with Crippen molar-refractivity contribution >= 4 is 5.96 Å². The third-order valence-electron chi connectivity index (χ3n) is 4.19. The number of nitrogens with zero attached hydrogens (tertiary/aromatic N) is 2. The van der Waals surface area contributed by atoms with Gasteiger partial charge in [-0.25, -0.2) is 4.99 Å². The second-order valence-electron chi connectivity index (χ2n) is 6.42. The summed E-state index contributed by atoms with van der Waals surface area (Å²) >= 11 is 0. The number of likely N-dealkylation sites (N-methyl/N-ethyl adjacent to an activating group) is 1. The van der Waals surface area contributed by atoms with Crippen LogP contribution in [0.4, 0.5) is 8.78 Å². The molecule has 2 N–H and O–H groups in total. The van der Waals surface area contributed by atoms with E-state index in [4.69, 9.17) is 9.15 Å². The summed E-state index contributed by atoms with van der Waals surface area (Å²) in [7, 11) is 5.43. The van der Waals surface area contributed by atoms with Crippen molar-refractivity contribution in [1.82, 2.24) is 15.5 Å². The molecule has 0 radical (unpaired) electrons. The Hall–Kier alpha value is -2.81. The first kappa shape index (κ1) is 22.5. The zero-order chi connectivity index (χ0) is 21.2. The van der Waals surface area contributed by atoms with Crippen LogP contribution in [0.3, 0.4) is 0 Å². The summed E-state index contributed by atoms with van der Waals surface area (Å²) in [6.45, 7) is 0.376. The van der Waals surface area contributed by atoms with Crippen molar-refractivity contribution in [3.05, 3.63) is 47.9 Å². The molecule has 0 aliphatic carbocycles. The number of nitrogens with one attached hydrogen (secondary N) is 2. The summed E-state index contributed by atoms with van der Waals surface area (Å²) < 4.78 is 40.7. The number of furan rings is 1. The van der Waals surface area contributed by atoms with E-state index < -0.39 is 6.61 Å². The van der Waals surface area contributed by atoms with Crippen LogP contribution in [0.1, 0.15) is 24.3 Å². The zero-order valence-electron chi connectivity index (χ0n) is 17.1. The van der Waals surface area contributed by atoms with E-state index >= 15 is 0 Å². The molecule has 0 aliphatic heterocycles. The predicted molar refractivity (Wildman–Crippen MR) is 108 cm³/mol. The van der Waals surface area contributed by atoms with Gasteiger partial charge in [-0.15, -0.1) is 0 Å². The van der Waals surface area contributed by atoms with E-state index in [9.17, 15) is 8.78 Å². The van der Waals surface area contributed by atoms with Gasteiger partial charge >= 0.3 is 6.61 Å². The molecule has 1 aromatic heterocycles. The van der Waals surface area contributed by atoms with Crippen LogP contribution >= 0.6 is 0 Å². The molecule has 160 valence electrons. The number of alkyl halides is 2. The van der Waals surface area contributed by atoms with Crippen LogP contribution in [-0.2, 0) is 6.54 Å². The van der Waals surface area contributed by atoms with E-state index in [-0.39, 0.29) is 18.3 Å². The molecule has 0 fully saturated rings. The molecule has 0 bridgehead atoms. The van der Waals surface area contributed by atoms with Crippen LogP contribution in [0.25, 0.3) is 0 Å². The van der Waals surface area contributed by atoms with Gasteiger partial charge in [-0.2, -0.15) is 8.78 Å². The minimum Gasteiger partial charge on any atom is -0.497 e. The monoisotopic (exact) mass is 410 g/mol. The standard InChI is InChI=1S/C20H28F2N4O3/c1-5-23-20(25-13-16(26(2)3)18-7-6-10-28-18)24-12-14-11-15(27-4)8-9-17(14)29-19(21)22/h6-11,16,19H,5,12-13H2,1-4H3,(H2,23,24,25). The minimum absolute atomic E-state index is 0.00315. The maximum Gasteiger partial charge on any atom is 0.387 e. The molecule has 2 rings (SSSR count). The molecule has 1 aromatic carbocycles. The first-order chi connectivity index (χ1) is 13.9. The largest absolute Gasteiger partial charge is 0.497 e. The van der Waals surface area contributed by atoms with Gasteiger partial charge in [-0.1, -0.05) is 0 Å². The lowest BCUT2D eigenvalue weighted by Gasteiger charge is -2.23. The predicted octanol–water partition coefficient (Wildman–Crippen LogP) is 3.25. The zero-order valence-corrected chi connectivity index (χ0v) is 17.1. The van der Waals surface area contributed by atoms with Crippen LogP contribution in [0, 0.1) is 0 Å². The number of guanidine groups is 1. The number of methoxy groups -OCH3 is 1. The van der Waals surface area contributed by atoms with Gasteiger partial charge in [0.1, 0.15) is 17.3 Å². The third-order valence-corrected chi connectivity index (χ3v) is 4.19. The van der Waals surface area contributed by atoms with E-state index in [0.717, 1.165) is 5.76 Å². The maximum atomic E-state index is 12.7. The van der Waals surface area contributed by atoms with Crippen molar-refractivity contribution in [3.8, 4) is 11.5 Å². The fraction of sp³-hybridized carbons (Fsp3) is 0.450. The second-order valence-corrected chi connectivity index (χ2v) is 6.42. The maximum absolute atomic E-state index is 12.7. The number of hydrogen-bond donors (Lipinski definition) is 2. The molecule has 7 nitrogen and oxygen atoms in total. The van der Waals surface area contributed by atoms with E-state index in [2.05, 4.69) is 20.4 Å². The van der Waals surface area contributed by atoms with E-state index in [1.807, 2.05) is 38.1 Å². The first-order valence-electron chi connectivity index (χ1n) is 9.28. The molecular formula is C20H28F2N4O3. The molecule has 0 amide bonds. The molecule has 0 aliphatic rings. The normalized spacial score (nSPS) is 12.9. The number of aliphatic imine (C=N–C) groups is 1. The van der Waals surface area contributed by atoms with Gasteiger partial charge in [-0.3, -0.25) is 4.90 Å². The molecule has 2 aromatic rings. The number of ether oxygens (including phenoxy) is 2. The van der Waals surface area contributed by atoms with Crippen molar-refractivity contribution in [2.75, 3.05) is 34.3 Å². The van der Waals surface area contributed by atoms with Gasteiger partial charge in [0.25, 0.3) is 0 Å². The molecule has 0 saturated carbocycles. The SMILES string of the molecule is CCNC(=NCc1cc(OC)ccc1OC(F)F)NCC(c1ccco1)N(C)C. The molecule has 0 saturated heterocycles. The van der Waals surface area contributed by atoms with E-state index in [1.165, 1.54) is 13.2 Å². The highest BCUT2D eigenvalue weighted by molar-refractivity contribution is 5.79. The molecule has 1 heterocycles. The summed E-state index contributed by atoms with van der Waals surface area (Å²) in [4.78, 5) is 6.54. The molecular weight excluding hydrogens is 382 g/mol. The third kappa shape index (κ3) is 6.94. The summed E-state index contributed by atoms with van der Waals surface area (Å²) in [5, 5.41) is 6.42. The van der Waals surface area contributed by atoms with Gasteiger partial charge in [-0.05, 0) is 51.4 Å². The van der Waals surface area contributed by atoms with Crippen LogP contribution in [0.2, 0.25) is 0 Å². The smallest absolute Gasteiger partial charge is 0.387 e. The summed E-state index contributed by atoms with van der Waals surface area (Å²) in [5.74, 6) is 2.00. The van der Waals surface area contributed by atoms with Crippen molar-refractivity contribution in [3.63, 3.8) is 0 Å². The number of benzene rings is 1. The number of hydrogen-bond acceptors (Lipinski definition) is 5. The second kappa shape index (κ2) is 11.3. The molecule has 1 atom stereocenters. The minimum atomic E-state index is -2.91. The Bertz CT molecular complexity index is 767. The Morgan fingerprint density at radius 3 is 2.62 bits per heavy atom. The molecule has 1 unspecified atom stereocenters. The molecule has 9 heteroatoms. The van der Waals surface area contributed by atoms with Gasteiger partial charge in [0.05, 0.1) is 26.0 Å². The number of halogens is 2. The molecule has 29 heavy (non-hydrogen) atoms. The quantitative estimate of drug-likeness (QED) is 0.463. The topological polar surface area (TPSA) is 71.3 Å². The Labute approximate surface area is 169 Å². The highest BCUT2D eigenvalue weighted by Crippen LogP contribution is 2.26. The Balaban J connectivity index is 2.14. The Morgan fingerprint density at radius 2 is 2.03 bits per heavy atom. The lowest BCUT2D eigenvalue weighted by atomic mass is 10.2. The summed E-state index contributed by atoms with van der Waals surface area (Å²) in [5.41, 5.74) is 0.497. The summed E-state index contributed by atoms with van der Waals surface area (Å²) in [6, 6.07) is 8.42.